The topological polar surface area (TPSA) is 71.1 Å². The number of ether oxygens (including phenoxy) is 2. The van der Waals surface area contributed by atoms with Crippen LogP contribution >= 0.6 is 0 Å². The van der Waals surface area contributed by atoms with Gasteiger partial charge in [0.2, 0.25) is 16.6 Å². The third-order valence-corrected chi connectivity index (χ3v) is 20.5. The largest absolute Gasteiger partial charge is 0.464 e. The molecule has 0 aromatic heterocycles. The second-order valence-corrected chi connectivity index (χ2v) is 23.6. The molecule has 0 aliphatic carbocycles. The summed E-state index contributed by atoms with van der Waals surface area (Å²) in [5, 5.41) is 0. The van der Waals surface area contributed by atoms with Gasteiger partial charge in [0.05, 0.1) is 13.2 Å². The lowest BCUT2D eigenvalue weighted by Crippen LogP contribution is -2.60. The van der Waals surface area contributed by atoms with Gasteiger partial charge in [-0.2, -0.15) is 0 Å². The quantitative estimate of drug-likeness (QED) is 0.0872. The minimum absolute atomic E-state index is 0.229. The van der Waals surface area contributed by atoms with Gasteiger partial charge in [0.1, 0.15) is 0 Å². The van der Waals surface area contributed by atoms with Gasteiger partial charge in [-0.25, -0.2) is 9.59 Å². The number of carbonyl (C=O) groups is 2. The Balaban J connectivity index is 7.04. The summed E-state index contributed by atoms with van der Waals surface area (Å²) in [4.78, 5) is 27.7. The Morgan fingerprint density at radius 3 is 0.921 bits per heavy atom. The first-order valence-corrected chi connectivity index (χ1v) is 19.5. The van der Waals surface area contributed by atoms with Gasteiger partial charge in [-0.1, -0.05) is 110 Å². The maximum absolute atomic E-state index is 13.8. The van der Waals surface area contributed by atoms with Crippen molar-refractivity contribution in [1.29, 1.82) is 0 Å². The highest BCUT2D eigenvalue weighted by Crippen LogP contribution is 2.46. The third kappa shape index (κ3) is 9.17. The van der Waals surface area contributed by atoms with Crippen LogP contribution in [0, 0.1) is 0 Å². The van der Waals surface area contributed by atoms with E-state index in [2.05, 4.69) is 96.9 Å². The predicted molar refractivity (Wildman–Crippen MR) is 164 cm³/mol. The highest BCUT2D eigenvalue weighted by atomic mass is 28.4. The van der Waals surface area contributed by atoms with E-state index >= 15 is 0 Å². The molecule has 6 nitrogen and oxygen atoms in total. The van der Waals surface area contributed by atoms with Gasteiger partial charge >= 0.3 is 11.9 Å². The number of unbranched alkanes of at least 4 members (excludes halogenated alkanes) is 2. The van der Waals surface area contributed by atoms with Crippen molar-refractivity contribution < 1.29 is 27.9 Å². The SMILES string of the molecule is CCCCOC(=O)C(O[Si](C(C)C)(C(C)C)C(C)C)C(O[Si](C(C)C)(C(C)C)C(C)C)C(=O)OCCCC. The molecule has 0 bridgehead atoms. The van der Waals surface area contributed by atoms with E-state index in [1.807, 2.05) is 0 Å². The lowest BCUT2D eigenvalue weighted by Gasteiger charge is -2.48. The van der Waals surface area contributed by atoms with Gasteiger partial charge in [-0.3, -0.25) is 0 Å². The predicted octanol–water partition coefficient (Wildman–Crippen LogP) is 8.79. The maximum atomic E-state index is 13.8. The average Bonchev–Trinajstić information content (AvgIpc) is 2.79. The molecule has 0 rings (SSSR count). The standard InChI is InChI=1S/C30H62O6Si2/c1-15-17-19-33-29(31)27(35-37(21(3)4,22(5)6)23(7)8)28(30(32)34-20-18-16-2)36-38(24(9)10,25(11)12)26(13)14/h21-28H,15-20H2,1-14H3. The van der Waals surface area contributed by atoms with Gasteiger partial charge in [0.25, 0.3) is 0 Å². The van der Waals surface area contributed by atoms with Crippen molar-refractivity contribution in [3.05, 3.63) is 0 Å². The van der Waals surface area contributed by atoms with Crippen LogP contribution in [0.1, 0.15) is 123 Å². The number of esters is 2. The molecule has 2 atom stereocenters. The van der Waals surface area contributed by atoms with E-state index < -0.39 is 40.8 Å². The van der Waals surface area contributed by atoms with Crippen molar-refractivity contribution in [2.45, 2.75) is 168 Å². The van der Waals surface area contributed by atoms with Crippen molar-refractivity contribution in [3.8, 4) is 0 Å². The molecule has 0 fully saturated rings. The molecule has 2 unspecified atom stereocenters. The number of carbonyl (C=O) groups excluding carboxylic acids is 2. The summed E-state index contributed by atoms with van der Waals surface area (Å²) in [6.07, 6.45) is 1.03. The Bertz CT molecular complexity index is 589. The number of hydrogen-bond acceptors (Lipinski definition) is 6. The average molecular weight is 575 g/mol. The molecule has 0 radical (unpaired) electrons. The molecule has 0 amide bonds. The second kappa shape index (κ2) is 17.2. The molecule has 38 heavy (non-hydrogen) atoms. The van der Waals surface area contributed by atoms with Crippen LogP contribution in [0.15, 0.2) is 0 Å². The van der Waals surface area contributed by atoms with E-state index in [4.69, 9.17) is 18.3 Å². The monoisotopic (exact) mass is 574 g/mol. The maximum Gasteiger partial charge on any atom is 0.337 e. The summed E-state index contributed by atoms with van der Waals surface area (Å²) >= 11 is 0. The molecule has 0 saturated heterocycles. The lowest BCUT2D eigenvalue weighted by atomic mass is 10.2. The zero-order valence-electron chi connectivity index (χ0n) is 27.3. The molecular formula is C30H62O6Si2. The summed E-state index contributed by atoms with van der Waals surface area (Å²) in [7, 11) is -5.16. The molecular weight excluding hydrogens is 512 g/mol. The summed E-state index contributed by atoms with van der Waals surface area (Å²) in [5.74, 6) is -1.01. The van der Waals surface area contributed by atoms with E-state index in [1.54, 1.807) is 0 Å². The van der Waals surface area contributed by atoms with E-state index in [9.17, 15) is 9.59 Å². The first-order chi connectivity index (χ1) is 17.6. The molecule has 0 aromatic carbocycles. The summed E-state index contributed by atoms with van der Waals surface area (Å²) in [6.45, 7) is 30.8. The molecule has 8 heteroatoms. The molecule has 0 aliphatic heterocycles. The summed E-state index contributed by atoms with van der Waals surface area (Å²) in [5.41, 5.74) is 1.38. The Hall–Kier alpha value is -0.706. The molecule has 0 N–H and O–H groups in total. The minimum atomic E-state index is -2.58. The van der Waals surface area contributed by atoms with Gasteiger partial charge < -0.3 is 18.3 Å². The van der Waals surface area contributed by atoms with Crippen LogP contribution in [-0.4, -0.2) is 54.0 Å². The summed E-state index contributed by atoms with van der Waals surface area (Å²) in [6, 6.07) is 0. The van der Waals surface area contributed by atoms with Crippen LogP contribution in [0.2, 0.25) is 33.2 Å². The lowest BCUT2D eigenvalue weighted by molar-refractivity contribution is -0.171. The van der Waals surface area contributed by atoms with Gasteiger partial charge in [-0.05, 0) is 46.1 Å². The zero-order valence-corrected chi connectivity index (χ0v) is 29.3. The smallest absolute Gasteiger partial charge is 0.337 e. The highest BCUT2D eigenvalue weighted by Gasteiger charge is 2.55. The van der Waals surface area contributed by atoms with E-state index in [-0.39, 0.29) is 33.2 Å². The van der Waals surface area contributed by atoms with Crippen LogP contribution in [-0.2, 0) is 27.9 Å². The molecule has 0 saturated carbocycles. The van der Waals surface area contributed by atoms with E-state index in [0.717, 1.165) is 25.7 Å². The second-order valence-electron chi connectivity index (χ2n) is 12.8. The molecule has 0 aromatic rings. The molecule has 0 spiro atoms. The Labute approximate surface area is 237 Å². The first kappa shape index (κ1) is 37.3. The zero-order chi connectivity index (χ0) is 29.8. The molecule has 0 aliphatic rings. The molecule has 226 valence electrons. The highest BCUT2D eigenvalue weighted by molar-refractivity contribution is 6.78. The normalized spacial score (nSPS) is 14.7. The van der Waals surface area contributed by atoms with E-state index in [0.29, 0.717) is 13.2 Å². The van der Waals surface area contributed by atoms with Gasteiger partial charge in [-0.15, -0.1) is 0 Å². The third-order valence-electron chi connectivity index (χ3n) is 8.30. The van der Waals surface area contributed by atoms with Crippen LogP contribution in [0.5, 0.6) is 0 Å². The van der Waals surface area contributed by atoms with Crippen molar-refractivity contribution in [1.82, 2.24) is 0 Å². The van der Waals surface area contributed by atoms with E-state index in [1.165, 1.54) is 0 Å². The van der Waals surface area contributed by atoms with Crippen LogP contribution in [0.4, 0.5) is 0 Å². The van der Waals surface area contributed by atoms with Crippen molar-refractivity contribution in [3.63, 3.8) is 0 Å². The first-order valence-electron chi connectivity index (χ1n) is 15.3. The molecule has 0 heterocycles. The number of rotatable bonds is 19. The van der Waals surface area contributed by atoms with Crippen LogP contribution in [0.3, 0.4) is 0 Å². The van der Waals surface area contributed by atoms with Crippen molar-refractivity contribution in [2.75, 3.05) is 13.2 Å². The van der Waals surface area contributed by atoms with Gasteiger partial charge in [0, 0.05) is 0 Å². The fourth-order valence-electron chi connectivity index (χ4n) is 6.52. The Morgan fingerprint density at radius 2 is 0.737 bits per heavy atom. The Kier molecular flexibility index (Phi) is 16.9. The van der Waals surface area contributed by atoms with Crippen molar-refractivity contribution >= 4 is 28.6 Å². The number of hydrogen-bond donors (Lipinski definition) is 0. The van der Waals surface area contributed by atoms with Gasteiger partial charge in [0.15, 0.2) is 12.2 Å². The van der Waals surface area contributed by atoms with Crippen LogP contribution in [0.25, 0.3) is 0 Å². The Morgan fingerprint density at radius 1 is 0.500 bits per heavy atom. The fourth-order valence-corrected chi connectivity index (χ4v) is 17.5. The van der Waals surface area contributed by atoms with Crippen LogP contribution < -0.4 is 0 Å². The fraction of sp³-hybridized carbons (Fsp3) is 0.933. The minimum Gasteiger partial charge on any atom is -0.464 e. The summed E-state index contributed by atoms with van der Waals surface area (Å²) < 4.78 is 25.6. The van der Waals surface area contributed by atoms with Crippen molar-refractivity contribution in [2.24, 2.45) is 0 Å².